The predicted molar refractivity (Wildman–Crippen MR) is 114 cm³/mol. The van der Waals surface area contributed by atoms with Crippen molar-refractivity contribution >= 4 is 27.0 Å². The van der Waals surface area contributed by atoms with Crippen LogP contribution in [-0.2, 0) is 7.86 Å². The van der Waals surface area contributed by atoms with Crippen molar-refractivity contribution in [2.45, 2.75) is 88.9 Å². The lowest BCUT2D eigenvalue weighted by Crippen LogP contribution is -2.56. The average molecular weight is 470 g/mol. The standard InChI is InChI=1S/C23H35IO2/c1-5-9-21(3)10-7-19-20-15(2)13-16-14-17(25)6-11-22(16,4)18(20)8-12-23(19,21)24-26/h14-15,18-20H,5-13H2,1-4H3. The van der Waals surface area contributed by atoms with Gasteiger partial charge in [0.15, 0.2) is 27.0 Å². The van der Waals surface area contributed by atoms with Gasteiger partial charge in [-0.25, -0.2) is 0 Å². The van der Waals surface area contributed by atoms with E-state index in [0.29, 0.717) is 34.9 Å². The summed E-state index contributed by atoms with van der Waals surface area (Å²) in [5, 5.41) is 0. The Morgan fingerprint density at radius 3 is 2.58 bits per heavy atom. The highest BCUT2D eigenvalue weighted by Crippen LogP contribution is 2.71. The van der Waals surface area contributed by atoms with E-state index in [-0.39, 0.29) is 8.84 Å². The Labute approximate surface area is 169 Å². The van der Waals surface area contributed by atoms with Gasteiger partial charge in [-0.2, -0.15) is 0 Å². The van der Waals surface area contributed by atoms with E-state index < -0.39 is 21.2 Å². The van der Waals surface area contributed by atoms with Gasteiger partial charge < -0.3 is 0 Å². The van der Waals surface area contributed by atoms with Crippen LogP contribution in [0.3, 0.4) is 0 Å². The van der Waals surface area contributed by atoms with Crippen molar-refractivity contribution < 1.29 is 7.86 Å². The quantitative estimate of drug-likeness (QED) is 0.343. The van der Waals surface area contributed by atoms with Crippen LogP contribution in [0.5, 0.6) is 0 Å². The van der Waals surface area contributed by atoms with Gasteiger partial charge in [0, 0.05) is 6.42 Å². The maximum atomic E-state index is 12.8. The second kappa shape index (κ2) is 6.49. The number of carbonyl (C=O) groups is 1. The normalized spacial score (nSPS) is 50.6. The molecule has 3 saturated carbocycles. The largest absolute Gasteiger partial charge is 0.295 e. The van der Waals surface area contributed by atoms with E-state index in [0.717, 1.165) is 19.3 Å². The topological polar surface area (TPSA) is 34.1 Å². The van der Waals surface area contributed by atoms with E-state index in [4.69, 9.17) is 0 Å². The monoisotopic (exact) mass is 470 g/mol. The number of halogens is 1. The summed E-state index contributed by atoms with van der Waals surface area (Å²) in [5.74, 6) is 3.05. The second-order valence-electron chi connectivity index (χ2n) is 10.4. The van der Waals surface area contributed by atoms with Crippen LogP contribution in [-0.4, -0.2) is 9.20 Å². The summed E-state index contributed by atoms with van der Waals surface area (Å²) in [6.45, 7) is 9.63. The van der Waals surface area contributed by atoms with Crippen molar-refractivity contribution in [3.05, 3.63) is 11.6 Å². The molecule has 4 aliphatic rings. The number of rotatable bonds is 3. The van der Waals surface area contributed by atoms with Crippen LogP contribution < -0.4 is 0 Å². The molecule has 0 aromatic carbocycles. The lowest BCUT2D eigenvalue weighted by molar-refractivity contribution is -0.117. The van der Waals surface area contributed by atoms with Crippen molar-refractivity contribution in [2.24, 2.45) is 34.5 Å². The third kappa shape index (κ3) is 2.43. The number of ketones is 1. The summed E-state index contributed by atoms with van der Waals surface area (Å²) < 4.78 is 13.0. The fraction of sp³-hybridized carbons (Fsp3) is 0.870. The molecule has 3 fully saturated rings. The fourth-order valence-corrected chi connectivity index (χ4v) is 10.6. The summed E-state index contributed by atoms with van der Waals surface area (Å²) in [5.41, 5.74) is 1.97. The highest BCUT2D eigenvalue weighted by molar-refractivity contribution is 14.1. The van der Waals surface area contributed by atoms with Crippen molar-refractivity contribution in [2.75, 3.05) is 0 Å². The Balaban J connectivity index is 1.74. The summed E-state index contributed by atoms with van der Waals surface area (Å²) in [6.07, 6.45) is 12.3. The van der Waals surface area contributed by atoms with Crippen LogP contribution >= 0.6 is 21.2 Å². The summed E-state index contributed by atoms with van der Waals surface area (Å²) in [7, 11) is 0. The Hall–Kier alpha value is -0.0600. The molecule has 146 valence electrons. The molecule has 0 radical (unpaired) electrons. The summed E-state index contributed by atoms with van der Waals surface area (Å²) >= 11 is -0.997. The van der Waals surface area contributed by atoms with Gasteiger partial charge in [0.1, 0.15) is 0 Å². The van der Waals surface area contributed by atoms with E-state index >= 15 is 0 Å². The van der Waals surface area contributed by atoms with Crippen LogP contribution in [0.15, 0.2) is 11.6 Å². The molecule has 2 nitrogen and oxygen atoms in total. The van der Waals surface area contributed by atoms with Crippen molar-refractivity contribution in [1.82, 2.24) is 0 Å². The molecule has 7 atom stereocenters. The number of allylic oxidation sites excluding steroid dienone is 1. The second-order valence-corrected chi connectivity index (χ2v) is 12.7. The first-order chi connectivity index (χ1) is 12.3. The van der Waals surface area contributed by atoms with Crippen molar-refractivity contribution in [3.8, 4) is 0 Å². The zero-order valence-electron chi connectivity index (χ0n) is 16.9. The highest BCUT2D eigenvalue weighted by Gasteiger charge is 2.66. The minimum Gasteiger partial charge on any atom is -0.295 e. The van der Waals surface area contributed by atoms with Crippen molar-refractivity contribution in [3.63, 3.8) is 0 Å². The first-order valence-electron chi connectivity index (χ1n) is 10.8. The Kier molecular flexibility index (Phi) is 4.81. The fourth-order valence-electron chi connectivity index (χ4n) is 7.96. The Morgan fingerprint density at radius 1 is 1.15 bits per heavy atom. The van der Waals surface area contributed by atoms with Crippen LogP contribution in [0.1, 0.15) is 85.5 Å². The maximum absolute atomic E-state index is 12.8. The van der Waals surface area contributed by atoms with Gasteiger partial charge >= 0.3 is 0 Å². The SMILES string of the molecule is CCCC1(C)CCC2C3C(C)CC4=CC(=O)CCC4(C)C3CCC21I=O. The molecule has 7 unspecified atom stereocenters. The molecule has 26 heavy (non-hydrogen) atoms. The van der Waals surface area contributed by atoms with Crippen LogP contribution in [0, 0.1) is 34.5 Å². The van der Waals surface area contributed by atoms with Crippen molar-refractivity contribution in [1.29, 1.82) is 0 Å². The van der Waals surface area contributed by atoms with Gasteiger partial charge in [0.2, 0.25) is 0 Å². The molecule has 0 aromatic heterocycles. The number of hydrogen-bond acceptors (Lipinski definition) is 2. The molecular weight excluding hydrogens is 435 g/mol. The molecule has 0 bridgehead atoms. The Morgan fingerprint density at radius 2 is 1.88 bits per heavy atom. The molecule has 0 aromatic rings. The van der Waals surface area contributed by atoms with Gasteiger partial charge in [-0.15, -0.1) is 0 Å². The van der Waals surface area contributed by atoms with Gasteiger partial charge in [-0.1, -0.05) is 39.7 Å². The van der Waals surface area contributed by atoms with Gasteiger partial charge in [-0.05, 0) is 85.5 Å². The Bertz CT molecular complexity index is 655. The van der Waals surface area contributed by atoms with E-state index in [1.165, 1.54) is 44.1 Å². The molecule has 3 heteroatoms. The lowest BCUT2D eigenvalue weighted by Gasteiger charge is -2.60. The minimum absolute atomic E-state index is 0.138. The predicted octanol–water partition coefficient (Wildman–Crippen LogP) is 6.62. The molecular formula is C23H35IO2. The third-order valence-electron chi connectivity index (χ3n) is 9.26. The number of fused-ring (bicyclic) bond motifs is 5. The zero-order chi connectivity index (χ0) is 18.7. The van der Waals surface area contributed by atoms with Gasteiger partial charge in [0.25, 0.3) is 0 Å². The van der Waals surface area contributed by atoms with E-state index in [2.05, 4.69) is 27.7 Å². The lowest BCUT2D eigenvalue weighted by atomic mass is 9.46. The highest BCUT2D eigenvalue weighted by atomic mass is 127. The van der Waals surface area contributed by atoms with E-state index in [1.807, 2.05) is 6.08 Å². The number of hydrogen-bond donors (Lipinski definition) is 0. The first-order valence-corrected chi connectivity index (χ1v) is 12.8. The molecule has 4 aliphatic carbocycles. The molecule has 0 saturated heterocycles. The number of carbonyl (C=O) groups excluding carboxylic acids is 1. The van der Waals surface area contributed by atoms with Crippen LogP contribution in [0.2, 0.25) is 0 Å². The first kappa shape index (κ1) is 19.3. The maximum Gasteiger partial charge on any atom is 0.155 e. The molecule has 0 amide bonds. The minimum atomic E-state index is -0.997. The average Bonchev–Trinajstić information content (AvgIpc) is 2.90. The molecule has 0 spiro atoms. The molecule has 0 heterocycles. The van der Waals surface area contributed by atoms with Crippen LogP contribution in [0.25, 0.3) is 0 Å². The summed E-state index contributed by atoms with van der Waals surface area (Å²) in [4.78, 5) is 12.1. The molecule has 0 N–H and O–H groups in total. The smallest absolute Gasteiger partial charge is 0.155 e. The number of alkyl halides is 1. The van der Waals surface area contributed by atoms with Crippen LogP contribution in [0.4, 0.5) is 0 Å². The molecule has 0 aliphatic heterocycles. The van der Waals surface area contributed by atoms with Gasteiger partial charge in [-0.3, -0.25) is 7.86 Å². The van der Waals surface area contributed by atoms with Gasteiger partial charge in [0.05, 0.1) is 3.42 Å². The molecule has 4 rings (SSSR count). The van der Waals surface area contributed by atoms with E-state index in [9.17, 15) is 7.86 Å². The summed E-state index contributed by atoms with van der Waals surface area (Å²) in [6, 6.07) is 0. The zero-order valence-corrected chi connectivity index (χ0v) is 19.1. The third-order valence-corrected chi connectivity index (χ3v) is 12.7. The van der Waals surface area contributed by atoms with E-state index in [1.54, 1.807) is 0 Å².